The molecule has 0 saturated carbocycles. The molecule has 3 rings (SSSR count). The molecule has 2 fully saturated rings. The van der Waals surface area contributed by atoms with E-state index in [2.05, 4.69) is 14.8 Å². The van der Waals surface area contributed by atoms with Crippen molar-refractivity contribution in [3.05, 3.63) is 23.9 Å². The lowest BCUT2D eigenvalue weighted by Crippen LogP contribution is -2.63. The molecule has 180 valence electrons. The minimum Gasteiger partial charge on any atom is -0.383 e. The van der Waals surface area contributed by atoms with E-state index >= 15 is 0 Å². The van der Waals surface area contributed by atoms with Crippen LogP contribution >= 0.6 is 0 Å². The molecule has 0 radical (unpaired) electrons. The van der Waals surface area contributed by atoms with Crippen molar-refractivity contribution >= 4 is 11.7 Å². The van der Waals surface area contributed by atoms with Crippen LogP contribution in [0.4, 0.5) is 19.0 Å². The molecule has 1 aromatic heterocycles. The zero-order chi connectivity index (χ0) is 23.2. The number of amides is 1. The number of halogens is 3. The number of methoxy groups -OCH3 is 1. The summed E-state index contributed by atoms with van der Waals surface area (Å²) in [6.45, 7) is 8.12. The molecule has 7 nitrogen and oxygen atoms in total. The maximum Gasteiger partial charge on any atom is 0.433 e. The standard InChI is InChI=1S/C22H33F3N4O3/c1-3-20(30)29(19-6-4-5-18(26-19)22(23,24)25)17-21(7-14-32-15-8-21)28-11-9-27(10-12-28)13-16-31-2/h4-6H,3,7-17H2,1-2H3. The fraction of sp³-hybridized carbons (Fsp3) is 0.727. The number of hydrogen-bond donors (Lipinski definition) is 0. The van der Waals surface area contributed by atoms with E-state index in [1.165, 1.54) is 17.0 Å². The molecule has 1 amide bonds. The third kappa shape index (κ3) is 5.98. The lowest BCUT2D eigenvalue weighted by Gasteiger charge is -2.51. The normalized spacial score (nSPS) is 20.3. The van der Waals surface area contributed by atoms with E-state index in [1.807, 2.05) is 0 Å². The van der Waals surface area contributed by atoms with Gasteiger partial charge in [0.2, 0.25) is 5.91 Å². The first-order valence-electron chi connectivity index (χ1n) is 11.2. The summed E-state index contributed by atoms with van der Waals surface area (Å²) in [7, 11) is 1.69. The zero-order valence-electron chi connectivity index (χ0n) is 18.9. The molecule has 0 aromatic carbocycles. The van der Waals surface area contributed by atoms with Crippen molar-refractivity contribution in [2.45, 2.75) is 37.9 Å². The first-order valence-corrected chi connectivity index (χ1v) is 11.2. The first-order chi connectivity index (χ1) is 15.3. The van der Waals surface area contributed by atoms with Crippen molar-refractivity contribution in [1.82, 2.24) is 14.8 Å². The quantitative estimate of drug-likeness (QED) is 0.597. The Hall–Kier alpha value is -1.75. The van der Waals surface area contributed by atoms with E-state index in [0.29, 0.717) is 26.4 Å². The molecule has 3 heterocycles. The summed E-state index contributed by atoms with van der Waals surface area (Å²) < 4.78 is 50.6. The van der Waals surface area contributed by atoms with E-state index in [9.17, 15) is 18.0 Å². The summed E-state index contributed by atoms with van der Waals surface area (Å²) in [5, 5.41) is 0. The van der Waals surface area contributed by atoms with Crippen LogP contribution in [0.1, 0.15) is 31.9 Å². The first kappa shape index (κ1) is 24.9. The summed E-state index contributed by atoms with van der Waals surface area (Å²) in [5.41, 5.74) is -1.34. The van der Waals surface area contributed by atoms with E-state index in [0.717, 1.165) is 51.6 Å². The molecule has 32 heavy (non-hydrogen) atoms. The molecule has 2 saturated heterocycles. The van der Waals surface area contributed by atoms with Crippen molar-refractivity contribution in [3.63, 3.8) is 0 Å². The Morgan fingerprint density at radius 1 is 1.22 bits per heavy atom. The summed E-state index contributed by atoms with van der Waals surface area (Å²) in [6, 6.07) is 3.73. The number of ether oxygens (including phenoxy) is 2. The summed E-state index contributed by atoms with van der Waals surface area (Å²) >= 11 is 0. The molecule has 2 aliphatic heterocycles. The maximum absolute atomic E-state index is 13.3. The van der Waals surface area contributed by atoms with Crippen LogP contribution in [0.15, 0.2) is 18.2 Å². The molecule has 0 N–H and O–H groups in total. The predicted octanol–water partition coefficient (Wildman–Crippen LogP) is 2.66. The highest BCUT2D eigenvalue weighted by atomic mass is 19.4. The number of alkyl halides is 3. The van der Waals surface area contributed by atoms with Crippen molar-refractivity contribution in [2.75, 3.05) is 71.1 Å². The van der Waals surface area contributed by atoms with Gasteiger partial charge in [0.15, 0.2) is 0 Å². The maximum atomic E-state index is 13.3. The Labute approximate surface area is 187 Å². The average molecular weight is 459 g/mol. The lowest BCUT2D eigenvalue weighted by atomic mass is 9.86. The van der Waals surface area contributed by atoms with E-state index in [4.69, 9.17) is 9.47 Å². The largest absolute Gasteiger partial charge is 0.433 e. The second kappa shape index (κ2) is 10.9. The van der Waals surface area contributed by atoms with Gasteiger partial charge in [-0.3, -0.25) is 19.5 Å². The van der Waals surface area contributed by atoms with Gasteiger partial charge in [0.05, 0.1) is 6.61 Å². The number of anilines is 1. The van der Waals surface area contributed by atoms with Crippen LogP contribution in [0.5, 0.6) is 0 Å². The van der Waals surface area contributed by atoms with Crippen LogP contribution < -0.4 is 4.90 Å². The highest BCUT2D eigenvalue weighted by Crippen LogP contribution is 2.33. The fourth-order valence-electron chi connectivity index (χ4n) is 4.51. The van der Waals surface area contributed by atoms with Gasteiger partial charge in [0.1, 0.15) is 11.5 Å². The molecule has 2 aliphatic rings. The Balaban J connectivity index is 1.84. The molecule has 10 heteroatoms. The number of rotatable bonds is 8. The fourth-order valence-corrected chi connectivity index (χ4v) is 4.51. The van der Waals surface area contributed by atoms with Crippen LogP contribution in [-0.2, 0) is 20.4 Å². The van der Waals surface area contributed by atoms with Crippen molar-refractivity contribution < 1.29 is 27.4 Å². The smallest absolute Gasteiger partial charge is 0.383 e. The van der Waals surface area contributed by atoms with Gasteiger partial charge < -0.3 is 9.47 Å². The Morgan fingerprint density at radius 3 is 2.50 bits per heavy atom. The number of pyridine rings is 1. The van der Waals surface area contributed by atoms with Crippen molar-refractivity contribution in [1.29, 1.82) is 0 Å². The van der Waals surface area contributed by atoms with Crippen LogP contribution in [0.25, 0.3) is 0 Å². The van der Waals surface area contributed by atoms with Crippen LogP contribution in [0, 0.1) is 0 Å². The topological polar surface area (TPSA) is 58.1 Å². The number of carbonyl (C=O) groups excluding carboxylic acids is 1. The summed E-state index contributed by atoms with van der Waals surface area (Å²) in [4.78, 5) is 22.9. The van der Waals surface area contributed by atoms with Gasteiger partial charge in [0.25, 0.3) is 0 Å². The Morgan fingerprint density at radius 2 is 1.91 bits per heavy atom. The highest BCUT2D eigenvalue weighted by Gasteiger charge is 2.43. The van der Waals surface area contributed by atoms with Crippen molar-refractivity contribution in [3.8, 4) is 0 Å². The van der Waals surface area contributed by atoms with Crippen molar-refractivity contribution in [2.24, 2.45) is 0 Å². The second-order valence-corrected chi connectivity index (χ2v) is 8.37. The molecule has 0 atom stereocenters. The minimum atomic E-state index is -4.56. The van der Waals surface area contributed by atoms with Gasteiger partial charge in [-0.1, -0.05) is 13.0 Å². The van der Waals surface area contributed by atoms with E-state index in [1.54, 1.807) is 14.0 Å². The SMILES string of the molecule is CCC(=O)N(CC1(N2CCN(CCOC)CC2)CCOCC1)c1cccc(C(F)(F)F)n1. The summed E-state index contributed by atoms with van der Waals surface area (Å²) in [5.74, 6) is -0.183. The minimum absolute atomic E-state index is 0.0521. The molecule has 1 aromatic rings. The molecule has 0 unspecified atom stereocenters. The van der Waals surface area contributed by atoms with E-state index in [-0.39, 0.29) is 23.7 Å². The average Bonchev–Trinajstić information content (AvgIpc) is 2.81. The van der Waals surface area contributed by atoms with Crippen LogP contribution in [0.2, 0.25) is 0 Å². The second-order valence-electron chi connectivity index (χ2n) is 8.37. The summed E-state index contributed by atoms with van der Waals surface area (Å²) in [6.07, 6.45) is -2.93. The monoisotopic (exact) mass is 458 g/mol. The van der Waals surface area contributed by atoms with Crippen LogP contribution in [0.3, 0.4) is 0 Å². The third-order valence-electron chi connectivity index (χ3n) is 6.44. The number of nitrogens with zero attached hydrogens (tertiary/aromatic N) is 4. The van der Waals surface area contributed by atoms with Gasteiger partial charge in [-0.25, -0.2) is 4.98 Å². The Bertz CT molecular complexity index is 748. The number of carbonyl (C=O) groups is 1. The molecular formula is C22H33F3N4O3. The Kier molecular flexibility index (Phi) is 8.49. The predicted molar refractivity (Wildman–Crippen MR) is 115 cm³/mol. The molecule has 0 bridgehead atoms. The van der Waals surface area contributed by atoms with Crippen LogP contribution in [-0.4, -0.2) is 92.4 Å². The van der Waals surface area contributed by atoms with E-state index < -0.39 is 11.9 Å². The zero-order valence-corrected chi connectivity index (χ0v) is 18.9. The van der Waals surface area contributed by atoms with Gasteiger partial charge in [-0.2, -0.15) is 13.2 Å². The lowest BCUT2D eigenvalue weighted by molar-refractivity contribution is -0.141. The molecule has 0 aliphatic carbocycles. The van der Waals surface area contributed by atoms with Gasteiger partial charge in [-0.15, -0.1) is 0 Å². The number of hydrogen-bond acceptors (Lipinski definition) is 6. The van der Waals surface area contributed by atoms with Gasteiger partial charge >= 0.3 is 6.18 Å². The van der Waals surface area contributed by atoms with Gasteiger partial charge in [-0.05, 0) is 25.0 Å². The number of piperazine rings is 1. The number of aromatic nitrogens is 1. The third-order valence-corrected chi connectivity index (χ3v) is 6.44. The van der Waals surface area contributed by atoms with Gasteiger partial charge in [0, 0.05) is 71.6 Å². The highest BCUT2D eigenvalue weighted by molar-refractivity contribution is 5.92. The molecular weight excluding hydrogens is 425 g/mol. The molecule has 0 spiro atoms.